The standard InChI is InChI=1S/C19H30N2O/c1-2-3-13-20-19(22)18-11-15-21(16-12-18)14-7-10-17-8-5-4-6-9-17/h4-6,8-9,18H,2-3,7,10-16H2,1H3,(H,20,22). The lowest BCUT2D eigenvalue weighted by molar-refractivity contribution is -0.126. The number of piperidine rings is 1. The first-order valence-corrected chi connectivity index (χ1v) is 8.83. The zero-order valence-electron chi connectivity index (χ0n) is 13.9. The first kappa shape index (κ1) is 17.0. The summed E-state index contributed by atoms with van der Waals surface area (Å²) in [6, 6.07) is 10.7. The van der Waals surface area contributed by atoms with Crippen LogP contribution in [0, 0.1) is 5.92 Å². The second-order valence-electron chi connectivity index (χ2n) is 6.35. The van der Waals surface area contributed by atoms with Gasteiger partial charge in [-0.05, 0) is 57.3 Å². The van der Waals surface area contributed by atoms with Gasteiger partial charge in [0.2, 0.25) is 5.91 Å². The molecule has 0 saturated carbocycles. The van der Waals surface area contributed by atoms with Crippen molar-refractivity contribution in [1.29, 1.82) is 0 Å². The molecule has 0 aromatic heterocycles. The van der Waals surface area contributed by atoms with Gasteiger partial charge in [0, 0.05) is 12.5 Å². The van der Waals surface area contributed by atoms with Gasteiger partial charge < -0.3 is 10.2 Å². The maximum Gasteiger partial charge on any atom is 0.223 e. The van der Waals surface area contributed by atoms with Crippen LogP contribution in [0.3, 0.4) is 0 Å². The van der Waals surface area contributed by atoms with Gasteiger partial charge in [0.25, 0.3) is 0 Å². The minimum absolute atomic E-state index is 0.238. The van der Waals surface area contributed by atoms with Crippen LogP contribution in [0.1, 0.15) is 44.6 Å². The lowest BCUT2D eigenvalue weighted by Gasteiger charge is -2.31. The number of hydrogen-bond donors (Lipinski definition) is 1. The van der Waals surface area contributed by atoms with E-state index in [-0.39, 0.29) is 11.8 Å². The van der Waals surface area contributed by atoms with Crippen LogP contribution >= 0.6 is 0 Å². The number of amides is 1. The van der Waals surface area contributed by atoms with Gasteiger partial charge >= 0.3 is 0 Å². The second-order valence-corrected chi connectivity index (χ2v) is 6.35. The van der Waals surface area contributed by atoms with E-state index in [1.165, 1.54) is 12.0 Å². The lowest BCUT2D eigenvalue weighted by atomic mass is 9.95. The van der Waals surface area contributed by atoms with Gasteiger partial charge in [-0.3, -0.25) is 4.79 Å². The summed E-state index contributed by atoms with van der Waals surface area (Å²) in [6.07, 6.45) is 6.62. The monoisotopic (exact) mass is 302 g/mol. The maximum absolute atomic E-state index is 12.0. The molecule has 3 nitrogen and oxygen atoms in total. The van der Waals surface area contributed by atoms with Crippen LogP contribution in [-0.4, -0.2) is 37.0 Å². The molecular weight excluding hydrogens is 272 g/mol. The number of nitrogens with zero attached hydrogens (tertiary/aromatic N) is 1. The molecule has 0 aliphatic carbocycles. The molecule has 3 heteroatoms. The number of carbonyl (C=O) groups excluding carboxylic acids is 1. The first-order chi connectivity index (χ1) is 10.8. The molecule has 122 valence electrons. The third-order valence-corrected chi connectivity index (χ3v) is 4.57. The summed E-state index contributed by atoms with van der Waals surface area (Å²) in [5.74, 6) is 0.514. The van der Waals surface area contributed by atoms with Gasteiger partial charge in [0.05, 0.1) is 0 Å². The summed E-state index contributed by atoms with van der Waals surface area (Å²) in [6.45, 7) is 6.28. The molecule has 0 atom stereocenters. The van der Waals surface area contributed by atoms with Crippen molar-refractivity contribution >= 4 is 5.91 Å². The van der Waals surface area contributed by atoms with Crippen LogP contribution in [0.4, 0.5) is 0 Å². The van der Waals surface area contributed by atoms with Crippen molar-refractivity contribution < 1.29 is 4.79 Å². The smallest absolute Gasteiger partial charge is 0.223 e. The second kappa shape index (κ2) is 9.62. The van der Waals surface area contributed by atoms with Crippen molar-refractivity contribution in [3.8, 4) is 0 Å². The van der Waals surface area contributed by atoms with Crippen LogP contribution in [0.2, 0.25) is 0 Å². The summed E-state index contributed by atoms with van der Waals surface area (Å²) >= 11 is 0. The number of nitrogens with one attached hydrogen (secondary N) is 1. The van der Waals surface area contributed by atoms with Gasteiger partial charge in [-0.15, -0.1) is 0 Å². The minimum atomic E-state index is 0.238. The van der Waals surface area contributed by atoms with Crippen molar-refractivity contribution in [2.75, 3.05) is 26.2 Å². The molecule has 22 heavy (non-hydrogen) atoms. The van der Waals surface area contributed by atoms with Crippen molar-refractivity contribution in [3.05, 3.63) is 35.9 Å². The summed E-state index contributed by atoms with van der Waals surface area (Å²) < 4.78 is 0. The van der Waals surface area contributed by atoms with Gasteiger partial charge in [-0.2, -0.15) is 0 Å². The number of unbranched alkanes of at least 4 members (excludes halogenated alkanes) is 1. The highest BCUT2D eigenvalue weighted by Gasteiger charge is 2.24. The number of rotatable bonds is 8. The predicted octanol–water partition coefficient (Wildman–Crippen LogP) is 3.25. The van der Waals surface area contributed by atoms with Crippen molar-refractivity contribution in [2.45, 2.75) is 45.4 Å². The van der Waals surface area contributed by atoms with E-state index in [4.69, 9.17) is 0 Å². The molecule has 1 aromatic rings. The fourth-order valence-electron chi connectivity index (χ4n) is 3.10. The van der Waals surface area contributed by atoms with Gasteiger partial charge in [-0.25, -0.2) is 0 Å². The predicted molar refractivity (Wildman–Crippen MR) is 91.8 cm³/mol. The molecule has 0 radical (unpaired) electrons. The van der Waals surface area contributed by atoms with E-state index in [2.05, 4.69) is 47.5 Å². The van der Waals surface area contributed by atoms with Crippen LogP contribution in [0.5, 0.6) is 0 Å². The molecule has 0 spiro atoms. The van der Waals surface area contributed by atoms with Crippen LogP contribution in [0.25, 0.3) is 0 Å². The van der Waals surface area contributed by atoms with Crippen molar-refractivity contribution in [2.24, 2.45) is 5.92 Å². The fraction of sp³-hybridized carbons (Fsp3) is 0.632. The van der Waals surface area contributed by atoms with Crippen LogP contribution in [-0.2, 0) is 11.2 Å². The average molecular weight is 302 g/mol. The van der Waals surface area contributed by atoms with E-state index < -0.39 is 0 Å². The number of likely N-dealkylation sites (tertiary alicyclic amines) is 1. The highest BCUT2D eigenvalue weighted by molar-refractivity contribution is 5.78. The minimum Gasteiger partial charge on any atom is -0.356 e. The Kier molecular flexibility index (Phi) is 7.44. The van der Waals surface area contributed by atoms with E-state index in [0.717, 1.165) is 58.3 Å². The molecule has 2 rings (SSSR count). The van der Waals surface area contributed by atoms with Crippen molar-refractivity contribution in [3.63, 3.8) is 0 Å². The molecule has 1 aliphatic heterocycles. The Morgan fingerprint density at radius 3 is 2.59 bits per heavy atom. The Morgan fingerprint density at radius 2 is 1.91 bits per heavy atom. The summed E-state index contributed by atoms with van der Waals surface area (Å²) in [4.78, 5) is 14.6. The number of hydrogen-bond acceptors (Lipinski definition) is 2. The summed E-state index contributed by atoms with van der Waals surface area (Å²) in [5.41, 5.74) is 1.42. The maximum atomic E-state index is 12.0. The molecule has 1 N–H and O–H groups in total. The quantitative estimate of drug-likeness (QED) is 0.748. The summed E-state index contributed by atoms with van der Waals surface area (Å²) in [5, 5.41) is 3.08. The third-order valence-electron chi connectivity index (χ3n) is 4.57. The lowest BCUT2D eigenvalue weighted by Crippen LogP contribution is -2.41. The topological polar surface area (TPSA) is 32.3 Å². The molecule has 1 fully saturated rings. The van der Waals surface area contributed by atoms with Gasteiger partial charge in [0.1, 0.15) is 0 Å². The zero-order valence-corrected chi connectivity index (χ0v) is 13.9. The molecule has 1 heterocycles. The summed E-state index contributed by atoms with van der Waals surface area (Å²) in [7, 11) is 0. The van der Waals surface area contributed by atoms with Gasteiger partial charge in [-0.1, -0.05) is 43.7 Å². The Hall–Kier alpha value is -1.35. The van der Waals surface area contributed by atoms with Crippen LogP contribution < -0.4 is 5.32 Å². The zero-order chi connectivity index (χ0) is 15.6. The molecule has 1 amide bonds. The Labute approximate surface area is 135 Å². The average Bonchev–Trinajstić information content (AvgIpc) is 2.56. The number of aryl methyl sites for hydroxylation is 1. The molecule has 1 aromatic carbocycles. The Morgan fingerprint density at radius 1 is 1.18 bits per heavy atom. The van der Waals surface area contributed by atoms with E-state index in [1.54, 1.807) is 0 Å². The number of benzene rings is 1. The Bertz CT molecular complexity index is 424. The highest BCUT2D eigenvalue weighted by Crippen LogP contribution is 2.18. The normalized spacial score (nSPS) is 16.6. The molecule has 0 bridgehead atoms. The molecule has 0 unspecified atom stereocenters. The van der Waals surface area contributed by atoms with E-state index in [9.17, 15) is 4.79 Å². The van der Waals surface area contributed by atoms with Crippen LogP contribution in [0.15, 0.2) is 30.3 Å². The molecular formula is C19H30N2O. The number of carbonyl (C=O) groups is 1. The molecule has 1 aliphatic rings. The van der Waals surface area contributed by atoms with E-state index in [0.29, 0.717) is 0 Å². The van der Waals surface area contributed by atoms with E-state index in [1.807, 2.05) is 0 Å². The first-order valence-electron chi connectivity index (χ1n) is 8.83. The Balaban J connectivity index is 1.59. The SMILES string of the molecule is CCCCNC(=O)C1CCN(CCCc2ccccc2)CC1. The van der Waals surface area contributed by atoms with Crippen molar-refractivity contribution in [1.82, 2.24) is 10.2 Å². The molecule has 1 saturated heterocycles. The van der Waals surface area contributed by atoms with E-state index >= 15 is 0 Å². The van der Waals surface area contributed by atoms with Gasteiger partial charge in [0.15, 0.2) is 0 Å². The largest absolute Gasteiger partial charge is 0.356 e. The highest BCUT2D eigenvalue weighted by atomic mass is 16.1. The fourth-order valence-corrected chi connectivity index (χ4v) is 3.10. The third kappa shape index (κ3) is 5.80.